The number of nitrogens with one attached hydrogen (secondary N) is 1. The molecule has 1 N–H and O–H groups in total. The summed E-state index contributed by atoms with van der Waals surface area (Å²) in [6.45, 7) is 2.95. The third-order valence-electron chi connectivity index (χ3n) is 3.43. The van der Waals surface area contributed by atoms with Gasteiger partial charge in [-0.15, -0.1) is 0 Å². The van der Waals surface area contributed by atoms with Crippen LogP contribution in [0.15, 0.2) is 18.2 Å². The molecular weight excluding hydrogens is 236 g/mol. The topological polar surface area (TPSA) is 42.0 Å². The van der Waals surface area contributed by atoms with Crippen LogP contribution in [-0.4, -0.2) is 17.4 Å². The first-order valence-electron chi connectivity index (χ1n) is 6.00. The van der Waals surface area contributed by atoms with Gasteiger partial charge in [0.25, 0.3) is 5.91 Å². The molecule has 0 spiro atoms. The van der Waals surface area contributed by atoms with Gasteiger partial charge in [0, 0.05) is 6.54 Å². The fourth-order valence-corrected chi connectivity index (χ4v) is 2.49. The number of carbonyl (C=O) groups excluding carboxylic acids is 1. The van der Waals surface area contributed by atoms with Crippen molar-refractivity contribution in [3.8, 4) is 0 Å². The largest absolute Gasteiger partial charge is 0.350 e. The highest BCUT2D eigenvalue weighted by molar-refractivity contribution is 6.29. The molecule has 92 valence electrons. The quantitative estimate of drug-likeness (QED) is 0.841. The zero-order chi connectivity index (χ0) is 12.3. The minimum Gasteiger partial charge on any atom is -0.350 e. The minimum atomic E-state index is -0.138. The molecule has 0 aromatic carbocycles. The van der Waals surface area contributed by atoms with Crippen LogP contribution >= 0.6 is 11.6 Å². The molecule has 1 amide bonds. The van der Waals surface area contributed by atoms with Gasteiger partial charge in [-0.05, 0) is 30.4 Å². The first-order valence-corrected chi connectivity index (χ1v) is 6.38. The maximum absolute atomic E-state index is 11.9. The number of nitrogens with zero attached hydrogens (tertiary/aromatic N) is 1. The van der Waals surface area contributed by atoms with Gasteiger partial charge in [0.2, 0.25) is 0 Å². The van der Waals surface area contributed by atoms with Crippen molar-refractivity contribution < 1.29 is 4.79 Å². The minimum absolute atomic E-state index is 0.138. The maximum atomic E-state index is 11.9. The molecule has 0 atom stereocenters. The summed E-state index contributed by atoms with van der Waals surface area (Å²) in [5, 5.41) is 3.30. The fourth-order valence-electron chi connectivity index (χ4n) is 2.32. The molecule has 0 bridgehead atoms. The summed E-state index contributed by atoms with van der Waals surface area (Å²) < 4.78 is 0. The molecule has 1 aromatic heterocycles. The van der Waals surface area contributed by atoms with E-state index in [4.69, 9.17) is 11.6 Å². The second-order valence-electron chi connectivity index (χ2n) is 5.05. The first kappa shape index (κ1) is 12.4. The van der Waals surface area contributed by atoms with Gasteiger partial charge in [-0.1, -0.05) is 37.4 Å². The highest BCUT2D eigenvalue weighted by Crippen LogP contribution is 2.36. The zero-order valence-corrected chi connectivity index (χ0v) is 10.8. The normalized spacial score (nSPS) is 18.0. The van der Waals surface area contributed by atoms with Crippen LogP contribution in [0, 0.1) is 5.41 Å². The van der Waals surface area contributed by atoms with Crippen molar-refractivity contribution in [3.05, 3.63) is 29.0 Å². The Labute approximate surface area is 107 Å². The zero-order valence-electron chi connectivity index (χ0n) is 10.0. The van der Waals surface area contributed by atoms with Crippen molar-refractivity contribution in [2.75, 3.05) is 6.54 Å². The van der Waals surface area contributed by atoms with Crippen molar-refractivity contribution in [2.24, 2.45) is 5.41 Å². The molecule has 1 fully saturated rings. The third-order valence-corrected chi connectivity index (χ3v) is 3.64. The van der Waals surface area contributed by atoms with Crippen LogP contribution < -0.4 is 5.32 Å². The van der Waals surface area contributed by atoms with Gasteiger partial charge in [0.1, 0.15) is 10.8 Å². The molecule has 3 nitrogen and oxygen atoms in total. The van der Waals surface area contributed by atoms with Crippen molar-refractivity contribution in [2.45, 2.75) is 32.6 Å². The molecule has 1 heterocycles. The van der Waals surface area contributed by atoms with Gasteiger partial charge in [0.05, 0.1) is 0 Å². The number of hydrogen-bond donors (Lipinski definition) is 1. The van der Waals surface area contributed by atoms with Gasteiger partial charge in [-0.25, -0.2) is 4.98 Å². The van der Waals surface area contributed by atoms with Crippen LogP contribution in [0.1, 0.15) is 43.1 Å². The maximum Gasteiger partial charge on any atom is 0.269 e. The van der Waals surface area contributed by atoms with E-state index < -0.39 is 0 Å². The van der Waals surface area contributed by atoms with Gasteiger partial charge >= 0.3 is 0 Å². The molecule has 0 unspecified atom stereocenters. The van der Waals surface area contributed by atoms with Gasteiger partial charge in [0.15, 0.2) is 0 Å². The van der Waals surface area contributed by atoms with E-state index in [9.17, 15) is 4.79 Å². The fraction of sp³-hybridized carbons (Fsp3) is 0.538. The van der Waals surface area contributed by atoms with Gasteiger partial charge in [-0.3, -0.25) is 4.79 Å². The highest BCUT2D eigenvalue weighted by atomic mass is 35.5. The van der Waals surface area contributed by atoms with Crippen LogP contribution in [0.4, 0.5) is 0 Å². The molecular formula is C13H17ClN2O. The summed E-state index contributed by atoms with van der Waals surface area (Å²) in [5.41, 5.74) is 0.646. The predicted molar refractivity (Wildman–Crippen MR) is 68.2 cm³/mol. The average Bonchev–Trinajstić information content (AvgIpc) is 2.74. The number of carbonyl (C=O) groups is 1. The van der Waals surface area contributed by atoms with E-state index in [2.05, 4.69) is 17.2 Å². The third kappa shape index (κ3) is 3.19. The predicted octanol–water partition coefficient (Wildman–Crippen LogP) is 3.05. The number of halogens is 1. The highest BCUT2D eigenvalue weighted by Gasteiger charge is 2.29. The van der Waals surface area contributed by atoms with E-state index in [0.29, 0.717) is 10.8 Å². The molecule has 1 aromatic rings. The van der Waals surface area contributed by atoms with Crippen molar-refractivity contribution in [3.63, 3.8) is 0 Å². The van der Waals surface area contributed by atoms with Crippen LogP contribution in [0.2, 0.25) is 5.15 Å². The molecule has 1 saturated carbocycles. The number of hydrogen-bond acceptors (Lipinski definition) is 2. The molecule has 17 heavy (non-hydrogen) atoms. The Morgan fingerprint density at radius 1 is 1.47 bits per heavy atom. The molecule has 4 heteroatoms. The van der Waals surface area contributed by atoms with E-state index in [1.54, 1.807) is 18.2 Å². The van der Waals surface area contributed by atoms with E-state index in [1.807, 2.05) is 0 Å². The standard InChI is InChI=1S/C13H17ClN2O/c1-13(7-2-3-8-13)9-15-12(17)10-5-4-6-11(14)16-10/h4-6H,2-3,7-9H2,1H3,(H,15,17). The number of rotatable bonds is 3. The summed E-state index contributed by atoms with van der Waals surface area (Å²) in [6, 6.07) is 5.08. The Morgan fingerprint density at radius 2 is 2.18 bits per heavy atom. The van der Waals surface area contributed by atoms with Crippen LogP contribution in [0.25, 0.3) is 0 Å². The van der Waals surface area contributed by atoms with Crippen LogP contribution in [-0.2, 0) is 0 Å². The second kappa shape index (κ2) is 5.05. The first-order chi connectivity index (χ1) is 8.09. The molecule has 0 aliphatic heterocycles. The lowest BCUT2D eigenvalue weighted by atomic mass is 9.89. The Bertz CT molecular complexity index is 414. The summed E-state index contributed by atoms with van der Waals surface area (Å²) in [6.07, 6.45) is 4.91. The SMILES string of the molecule is CC1(CNC(=O)c2cccc(Cl)n2)CCCC1. The van der Waals surface area contributed by atoms with E-state index >= 15 is 0 Å². The average molecular weight is 253 g/mol. The van der Waals surface area contributed by atoms with Crippen LogP contribution in [0.3, 0.4) is 0 Å². The number of amides is 1. The van der Waals surface area contributed by atoms with Gasteiger partial charge in [-0.2, -0.15) is 0 Å². The molecule has 1 aliphatic rings. The lowest BCUT2D eigenvalue weighted by molar-refractivity contribution is 0.0929. The lowest BCUT2D eigenvalue weighted by Gasteiger charge is -2.23. The Balaban J connectivity index is 1.93. The molecule has 0 saturated heterocycles. The molecule has 0 radical (unpaired) electrons. The van der Waals surface area contributed by atoms with E-state index in [-0.39, 0.29) is 11.3 Å². The summed E-state index contributed by atoms with van der Waals surface area (Å²) >= 11 is 5.75. The Kier molecular flexibility index (Phi) is 3.67. The Morgan fingerprint density at radius 3 is 2.82 bits per heavy atom. The van der Waals surface area contributed by atoms with Crippen molar-refractivity contribution >= 4 is 17.5 Å². The summed E-state index contributed by atoms with van der Waals surface area (Å²) in [4.78, 5) is 15.9. The van der Waals surface area contributed by atoms with E-state index in [1.165, 1.54) is 25.7 Å². The van der Waals surface area contributed by atoms with Crippen molar-refractivity contribution in [1.29, 1.82) is 0 Å². The van der Waals surface area contributed by atoms with Crippen LogP contribution in [0.5, 0.6) is 0 Å². The van der Waals surface area contributed by atoms with Crippen molar-refractivity contribution in [1.82, 2.24) is 10.3 Å². The number of aromatic nitrogens is 1. The smallest absolute Gasteiger partial charge is 0.269 e. The lowest BCUT2D eigenvalue weighted by Crippen LogP contribution is -2.34. The summed E-state index contributed by atoms with van der Waals surface area (Å²) in [5.74, 6) is -0.138. The number of pyridine rings is 1. The van der Waals surface area contributed by atoms with Gasteiger partial charge < -0.3 is 5.32 Å². The summed E-state index contributed by atoms with van der Waals surface area (Å²) in [7, 11) is 0. The monoisotopic (exact) mass is 252 g/mol. The Hall–Kier alpha value is -1.09. The molecule has 1 aliphatic carbocycles. The molecule has 2 rings (SSSR count). The second-order valence-corrected chi connectivity index (χ2v) is 5.43. The van der Waals surface area contributed by atoms with E-state index in [0.717, 1.165) is 6.54 Å².